The van der Waals surface area contributed by atoms with E-state index in [0.29, 0.717) is 37.6 Å². The van der Waals surface area contributed by atoms with Crippen LogP contribution in [0, 0.1) is 6.92 Å². The fraction of sp³-hybridized carbons (Fsp3) is 0.238. The summed E-state index contributed by atoms with van der Waals surface area (Å²) in [7, 11) is 0. The average Bonchev–Trinajstić information content (AvgIpc) is 2.67. The normalized spacial score (nSPS) is 14.4. The molecule has 0 unspecified atom stereocenters. The zero-order valence-corrected chi connectivity index (χ0v) is 14.7. The molecule has 2 aromatic carbocycles. The highest BCUT2D eigenvalue weighted by Crippen LogP contribution is 2.16. The molecule has 0 aliphatic carbocycles. The third-order valence-corrected chi connectivity index (χ3v) is 4.10. The molecule has 0 N–H and O–H groups in total. The van der Waals surface area contributed by atoms with Gasteiger partial charge >= 0.3 is 6.09 Å². The lowest BCUT2D eigenvalue weighted by Crippen LogP contribution is -2.42. The van der Waals surface area contributed by atoms with Crippen LogP contribution in [0.2, 0.25) is 0 Å². The Morgan fingerprint density at radius 1 is 1.08 bits per heavy atom. The summed E-state index contributed by atoms with van der Waals surface area (Å²) in [5.74, 6) is 0.382. The highest BCUT2D eigenvalue weighted by Gasteiger charge is 2.18. The number of ether oxygens (including phenoxy) is 2. The molecular formula is C21H21NO4. The molecule has 26 heavy (non-hydrogen) atoms. The monoisotopic (exact) mass is 351 g/mol. The minimum Gasteiger partial charge on any atom is -0.410 e. The van der Waals surface area contributed by atoms with Gasteiger partial charge in [0.15, 0.2) is 5.78 Å². The first-order valence-electron chi connectivity index (χ1n) is 8.55. The maximum absolute atomic E-state index is 12.2. The van der Waals surface area contributed by atoms with Gasteiger partial charge in [0.1, 0.15) is 5.75 Å². The third kappa shape index (κ3) is 4.80. The Hall–Kier alpha value is -2.92. The summed E-state index contributed by atoms with van der Waals surface area (Å²) < 4.78 is 10.6. The van der Waals surface area contributed by atoms with E-state index in [1.54, 1.807) is 29.2 Å². The van der Waals surface area contributed by atoms with Crippen molar-refractivity contribution in [2.45, 2.75) is 6.92 Å². The van der Waals surface area contributed by atoms with Gasteiger partial charge in [-0.15, -0.1) is 0 Å². The quantitative estimate of drug-likeness (QED) is 0.622. The van der Waals surface area contributed by atoms with Crippen molar-refractivity contribution in [2.75, 3.05) is 26.3 Å². The number of ketones is 1. The molecule has 0 bridgehead atoms. The van der Waals surface area contributed by atoms with Crippen LogP contribution in [0.1, 0.15) is 21.5 Å². The molecule has 0 spiro atoms. The van der Waals surface area contributed by atoms with E-state index in [4.69, 9.17) is 9.47 Å². The minimum absolute atomic E-state index is 0.0688. The molecule has 1 amide bonds. The SMILES string of the molecule is Cc1ccc(C(=O)C=Cc2cccc(OC(=O)N3CCOCC3)c2)cc1. The smallest absolute Gasteiger partial charge is 0.410 e. The summed E-state index contributed by atoms with van der Waals surface area (Å²) >= 11 is 0. The molecule has 0 radical (unpaired) electrons. The Balaban J connectivity index is 1.64. The van der Waals surface area contributed by atoms with E-state index in [9.17, 15) is 9.59 Å². The summed E-state index contributed by atoms with van der Waals surface area (Å²) in [6, 6.07) is 14.5. The number of rotatable bonds is 4. The first-order valence-corrected chi connectivity index (χ1v) is 8.55. The summed E-state index contributed by atoms with van der Waals surface area (Å²) in [4.78, 5) is 26.0. The Kier molecular flexibility index (Phi) is 5.81. The zero-order chi connectivity index (χ0) is 18.4. The number of carbonyl (C=O) groups excluding carboxylic acids is 2. The standard InChI is InChI=1S/C21H21NO4/c1-16-5-8-18(9-6-16)20(23)10-7-17-3-2-4-19(15-17)26-21(24)22-11-13-25-14-12-22/h2-10,15H,11-14H2,1H3. The maximum atomic E-state index is 12.2. The molecule has 1 saturated heterocycles. The molecule has 1 fully saturated rings. The van der Waals surface area contributed by atoms with Crippen molar-refractivity contribution in [3.05, 3.63) is 71.3 Å². The Labute approximate surface area is 152 Å². The van der Waals surface area contributed by atoms with Crippen molar-refractivity contribution in [1.82, 2.24) is 4.90 Å². The Morgan fingerprint density at radius 2 is 1.81 bits per heavy atom. The van der Waals surface area contributed by atoms with E-state index < -0.39 is 0 Å². The van der Waals surface area contributed by atoms with E-state index in [1.807, 2.05) is 37.3 Å². The van der Waals surface area contributed by atoms with Crippen LogP contribution >= 0.6 is 0 Å². The number of amides is 1. The van der Waals surface area contributed by atoms with Gasteiger partial charge in [0.25, 0.3) is 0 Å². The molecule has 0 aromatic heterocycles. The molecular weight excluding hydrogens is 330 g/mol. The molecule has 0 atom stereocenters. The van der Waals surface area contributed by atoms with Gasteiger partial charge in [-0.1, -0.05) is 48.0 Å². The maximum Gasteiger partial charge on any atom is 0.415 e. The predicted molar refractivity (Wildman–Crippen MR) is 99.4 cm³/mol. The van der Waals surface area contributed by atoms with Crippen LogP contribution in [-0.4, -0.2) is 43.1 Å². The molecule has 1 aliphatic heterocycles. The fourth-order valence-corrected chi connectivity index (χ4v) is 2.58. The van der Waals surface area contributed by atoms with Crippen molar-refractivity contribution in [3.63, 3.8) is 0 Å². The van der Waals surface area contributed by atoms with Gasteiger partial charge < -0.3 is 14.4 Å². The van der Waals surface area contributed by atoms with Gasteiger partial charge in [0.05, 0.1) is 13.2 Å². The van der Waals surface area contributed by atoms with E-state index >= 15 is 0 Å². The second-order valence-electron chi connectivity index (χ2n) is 6.10. The number of carbonyl (C=O) groups is 2. The molecule has 1 heterocycles. The molecule has 1 aliphatic rings. The van der Waals surface area contributed by atoms with Gasteiger partial charge in [-0.05, 0) is 30.7 Å². The van der Waals surface area contributed by atoms with E-state index in [0.717, 1.165) is 11.1 Å². The van der Waals surface area contributed by atoms with E-state index in [1.165, 1.54) is 6.08 Å². The number of aryl methyl sites for hydroxylation is 1. The molecule has 2 aromatic rings. The lowest BCUT2D eigenvalue weighted by molar-refractivity contribution is 0.0416. The van der Waals surface area contributed by atoms with Crippen LogP contribution in [0.15, 0.2) is 54.6 Å². The Bertz CT molecular complexity index is 805. The van der Waals surface area contributed by atoms with Crippen molar-refractivity contribution >= 4 is 18.0 Å². The molecule has 0 saturated carbocycles. The topological polar surface area (TPSA) is 55.8 Å². The number of nitrogens with zero attached hydrogens (tertiary/aromatic N) is 1. The van der Waals surface area contributed by atoms with Gasteiger partial charge in [0, 0.05) is 18.7 Å². The van der Waals surface area contributed by atoms with Gasteiger partial charge in [-0.25, -0.2) is 4.79 Å². The first kappa shape index (κ1) is 17.9. The van der Waals surface area contributed by atoms with Crippen molar-refractivity contribution in [2.24, 2.45) is 0 Å². The molecule has 5 heteroatoms. The Morgan fingerprint density at radius 3 is 2.54 bits per heavy atom. The summed E-state index contributed by atoms with van der Waals surface area (Å²) in [6.07, 6.45) is 2.85. The number of morpholine rings is 1. The number of hydrogen-bond donors (Lipinski definition) is 0. The molecule has 3 rings (SSSR count). The van der Waals surface area contributed by atoms with Crippen LogP contribution in [0.25, 0.3) is 6.08 Å². The van der Waals surface area contributed by atoms with Crippen molar-refractivity contribution in [1.29, 1.82) is 0 Å². The number of benzene rings is 2. The van der Waals surface area contributed by atoms with Crippen LogP contribution in [0.3, 0.4) is 0 Å². The van der Waals surface area contributed by atoms with Crippen LogP contribution in [0.5, 0.6) is 5.75 Å². The van der Waals surface area contributed by atoms with Crippen LogP contribution < -0.4 is 4.74 Å². The number of allylic oxidation sites excluding steroid dienone is 1. The zero-order valence-electron chi connectivity index (χ0n) is 14.7. The number of hydrogen-bond acceptors (Lipinski definition) is 4. The summed E-state index contributed by atoms with van der Waals surface area (Å²) in [5.41, 5.74) is 2.54. The van der Waals surface area contributed by atoms with Crippen LogP contribution in [0.4, 0.5) is 4.79 Å². The predicted octanol–water partition coefficient (Wildman–Crippen LogP) is 3.72. The third-order valence-electron chi connectivity index (χ3n) is 4.10. The lowest BCUT2D eigenvalue weighted by Gasteiger charge is -2.25. The van der Waals surface area contributed by atoms with Gasteiger partial charge in [-0.3, -0.25) is 4.79 Å². The highest BCUT2D eigenvalue weighted by molar-refractivity contribution is 6.06. The van der Waals surface area contributed by atoms with Crippen LogP contribution in [-0.2, 0) is 4.74 Å². The first-order chi connectivity index (χ1) is 12.6. The molecule has 5 nitrogen and oxygen atoms in total. The van der Waals surface area contributed by atoms with Crippen molar-refractivity contribution in [3.8, 4) is 5.75 Å². The fourth-order valence-electron chi connectivity index (χ4n) is 2.58. The average molecular weight is 351 g/mol. The van der Waals surface area contributed by atoms with E-state index in [2.05, 4.69) is 0 Å². The largest absolute Gasteiger partial charge is 0.415 e. The summed E-state index contributed by atoms with van der Waals surface area (Å²) in [6.45, 7) is 4.10. The van der Waals surface area contributed by atoms with Crippen molar-refractivity contribution < 1.29 is 19.1 Å². The highest BCUT2D eigenvalue weighted by atomic mass is 16.6. The van der Waals surface area contributed by atoms with Gasteiger partial charge in [0.2, 0.25) is 0 Å². The van der Waals surface area contributed by atoms with Gasteiger partial charge in [-0.2, -0.15) is 0 Å². The second-order valence-corrected chi connectivity index (χ2v) is 6.10. The lowest BCUT2D eigenvalue weighted by atomic mass is 10.1. The van der Waals surface area contributed by atoms with E-state index in [-0.39, 0.29) is 11.9 Å². The minimum atomic E-state index is -0.384. The summed E-state index contributed by atoms with van der Waals surface area (Å²) in [5, 5.41) is 0. The molecule has 134 valence electrons. The second kappa shape index (κ2) is 8.45.